The lowest BCUT2D eigenvalue weighted by Gasteiger charge is -2.03. The van der Waals surface area contributed by atoms with Crippen molar-refractivity contribution in [3.05, 3.63) is 52.9 Å². The maximum atomic E-state index is 5.81. The van der Waals surface area contributed by atoms with Crippen molar-refractivity contribution < 1.29 is 4.52 Å². The average molecular weight is 237 g/mol. The minimum Gasteiger partial charge on any atom is -0.364 e. The van der Waals surface area contributed by atoms with E-state index in [9.17, 15) is 0 Å². The number of halogens is 1. The molecule has 0 atom stereocenters. The first-order chi connectivity index (χ1) is 7.84. The highest BCUT2D eigenvalue weighted by molar-refractivity contribution is 6.30. The molecule has 0 spiro atoms. The summed E-state index contributed by atoms with van der Waals surface area (Å²) in [6, 6.07) is 7.92. The van der Waals surface area contributed by atoms with Gasteiger partial charge in [0.1, 0.15) is 6.26 Å². The first-order valence-electron chi connectivity index (χ1n) is 5.18. The van der Waals surface area contributed by atoms with E-state index in [-0.39, 0.29) is 0 Å². The van der Waals surface area contributed by atoms with E-state index in [0.717, 1.165) is 30.1 Å². The van der Waals surface area contributed by atoms with Crippen molar-refractivity contribution >= 4 is 11.6 Å². The van der Waals surface area contributed by atoms with E-state index in [4.69, 9.17) is 16.1 Å². The Labute approximate surface area is 99.4 Å². The Morgan fingerprint density at radius 1 is 1.19 bits per heavy atom. The molecule has 0 amide bonds. The molecule has 1 heterocycles. The minimum atomic E-state index is 0.779. The fraction of sp³-hybridized carbons (Fsp3) is 0.250. The summed E-state index contributed by atoms with van der Waals surface area (Å²) in [7, 11) is 0. The second-order valence-corrected chi connectivity index (χ2v) is 4.02. The number of benzene rings is 1. The summed E-state index contributed by atoms with van der Waals surface area (Å²) in [5.74, 6) is 0. The second-order valence-electron chi connectivity index (χ2n) is 3.59. The van der Waals surface area contributed by atoms with Gasteiger partial charge in [0.05, 0.1) is 6.20 Å². The Morgan fingerprint density at radius 3 is 2.69 bits per heavy atom. The standard InChI is InChI=1S/C12H13ClN2O/c13-12-3-1-10(2-4-12)5-6-14-7-11-8-15-16-9-11/h1-4,8-9,14H,5-7H2. The Kier molecular flexibility index (Phi) is 3.97. The zero-order valence-corrected chi connectivity index (χ0v) is 9.57. The van der Waals surface area contributed by atoms with Gasteiger partial charge in [0.2, 0.25) is 0 Å². The summed E-state index contributed by atoms with van der Waals surface area (Å²) < 4.78 is 4.74. The Hall–Kier alpha value is -1.32. The molecule has 4 heteroatoms. The van der Waals surface area contributed by atoms with E-state index in [1.54, 1.807) is 12.5 Å². The first-order valence-corrected chi connectivity index (χ1v) is 5.56. The molecule has 0 saturated carbocycles. The summed E-state index contributed by atoms with van der Waals surface area (Å²) >= 11 is 5.81. The van der Waals surface area contributed by atoms with Crippen molar-refractivity contribution in [2.24, 2.45) is 0 Å². The Bertz CT molecular complexity index is 411. The van der Waals surface area contributed by atoms with E-state index < -0.39 is 0 Å². The fourth-order valence-electron chi connectivity index (χ4n) is 1.43. The molecule has 3 nitrogen and oxygen atoms in total. The van der Waals surface area contributed by atoms with Crippen LogP contribution in [0.1, 0.15) is 11.1 Å². The summed E-state index contributed by atoms with van der Waals surface area (Å²) in [5.41, 5.74) is 2.35. The van der Waals surface area contributed by atoms with Crippen LogP contribution in [0.3, 0.4) is 0 Å². The van der Waals surface area contributed by atoms with Crippen molar-refractivity contribution in [3.8, 4) is 0 Å². The quantitative estimate of drug-likeness (QED) is 0.812. The van der Waals surface area contributed by atoms with Crippen LogP contribution in [0.2, 0.25) is 5.02 Å². The largest absolute Gasteiger partial charge is 0.364 e. The molecule has 1 aromatic heterocycles. The topological polar surface area (TPSA) is 38.1 Å². The minimum absolute atomic E-state index is 0.779. The van der Waals surface area contributed by atoms with E-state index in [1.807, 2.05) is 24.3 Å². The molecule has 0 bridgehead atoms. The molecule has 0 unspecified atom stereocenters. The van der Waals surface area contributed by atoms with E-state index in [0.29, 0.717) is 0 Å². The maximum Gasteiger partial charge on any atom is 0.128 e. The molecule has 2 rings (SSSR count). The lowest BCUT2D eigenvalue weighted by molar-refractivity contribution is 0.418. The SMILES string of the molecule is Clc1ccc(CCNCc2cnoc2)cc1. The summed E-state index contributed by atoms with van der Waals surface area (Å²) in [6.45, 7) is 1.71. The van der Waals surface area contributed by atoms with Gasteiger partial charge >= 0.3 is 0 Å². The number of nitrogens with zero attached hydrogens (tertiary/aromatic N) is 1. The molecule has 1 N–H and O–H groups in total. The number of nitrogens with one attached hydrogen (secondary N) is 1. The van der Waals surface area contributed by atoms with Gasteiger partial charge in [-0.05, 0) is 30.7 Å². The predicted molar refractivity (Wildman–Crippen MR) is 63.4 cm³/mol. The van der Waals surface area contributed by atoms with Crippen LogP contribution in [0.25, 0.3) is 0 Å². The summed E-state index contributed by atoms with van der Waals surface area (Å²) in [4.78, 5) is 0. The van der Waals surface area contributed by atoms with Gasteiger partial charge in [-0.15, -0.1) is 0 Å². The lowest BCUT2D eigenvalue weighted by Crippen LogP contribution is -2.16. The highest BCUT2D eigenvalue weighted by atomic mass is 35.5. The van der Waals surface area contributed by atoms with Crippen LogP contribution in [0.5, 0.6) is 0 Å². The van der Waals surface area contributed by atoms with Crippen LogP contribution >= 0.6 is 11.6 Å². The molecule has 0 aliphatic heterocycles. The third kappa shape index (κ3) is 3.36. The number of hydrogen-bond donors (Lipinski definition) is 1. The summed E-state index contributed by atoms with van der Waals surface area (Å²) in [6.07, 6.45) is 4.35. The van der Waals surface area contributed by atoms with Gasteiger partial charge in [0.25, 0.3) is 0 Å². The van der Waals surface area contributed by atoms with Crippen LogP contribution in [0.15, 0.2) is 41.2 Å². The molecule has 2 aromatic rings. The van der Waals surface area contributed by atoms with Crippen LogP contribution in [0.4, 0.5) is 0 Å². The van der Waals surface area contributed by atoms with Crippen molar-refractivity contribution in [2.75, 3.05) is 6.54 Å². The molecule has 0 aliphatic carbocycles. The molecule has 1 aromatic carbocycles. The van der Waals surface area contributed by atoms with Gasteiger partial charge in [-0.25, -0.2) is 0 Å². The van der Waals surface area contributed by atoms with Gasteiger partial charge in [-0.1, -0.05) is 28.9 Å². The van der Waals surface area contributed by atoms with Gasteiger partial charge < -0.3 is 9.84 Å². The molecular formula is C12H13ClN2O. The third-order valence-electron chi connectivity index (χ3n) is 2.32. The zero-order chi connectivity index (χ0) is 11.2. The van der Waals surface area contributed by atoms with Gasteiger partial charge in [0.15, 0.2) is 0 Å². The molecule has 84 valence electrons. The van der Waals surface area contributed by atoms with Crippen molar-refractivity contribution in [2.45, 2.75) is 13.0 Å². The predicted octanol–water partition coefficient (Wildman–Crippen LogP) is 2.66. The van der Waals surface area contributed by atoms with Gasteiger partial charge in [-0.2, -0.15) is 0 Å². The molecular weight excluding hydrogens is 224 g/mol. The second kappa shape index (κ2) is 5.68. The molecule has 0 saturated heterocycles. The average Bonchev–Trinajstić information content (AvgIpc) is 2.80. The number of hydrogen-bond acceptors (Lipinski definition) is 3. The van der Waals surface area contributed by atoms with Crippen LogP contribution in [-0.4, -0.2) is 11.7 Å². The molecule has 0 fully saturated rings. The fourth-order valence-corrected chi connectivity index (χ4v) is 1.56. The molecule has 16 heavy (non-hydrogen) atoms. The monoisotopic (exact) mass is 236 g/mol. The Morgan fingerprint density at radius 2 is 2.00 bits per heavy atom. The van der Waals surface area contributed by atoms with Gasteiger partial charge in [-0.3, -0.25) is 0 Å². The maximum absolute atomic E-state index is 5.81. The molecule has 0 radical (unpaired) electrons. The number of rotatable bonds is 5. The van der Waals surface area contributed by atoms with Crippen molar-refractivity contribution in [1.29, 1.82) is 0 Å². The molecule has 0 aliphatic rings. The first kappa shape index (κ1) is 11.2. The third-order valence-corrected chi connectivity index (χ3v) is 2.57. The highest BCUT2D eigenvalue weighted by Crippen LogP contribution is 2.09. The van der Waals surface area contributed by atoms with Crippen molar-refractivity contribution in [3.63, 3.8) is 0 Å². The van der Waals surface area contributed by atoms with E-state index in [2.05, 4.69) is 10.5 Å². The van der Waals surface area contributed by atoms with E-state index >= 15 is 0 Å². The van der Waals surface area contributed by atoms with E-state index in [1.165, 1.54) is 5.56 Å². The van der Waals surface area contributed by atoms with Crippen LogP contribution in [0, 0.1) is 0 Å². The highest BCUT2D eigenvalue weighted by Gasteiger charge is 1.96. The van der Waals surface area contributed by atoms with Crippen LogP contribution in [-0.2, 0) is 13.0 Å². The zero-order valence-electron chi connectivity index (χ0n) is 8.82. The van der Waals surface area contributed by atoms with Crippen molar-refractivity contribution in [1.82, 2.24) is 10.5 Å². The smallest absolute Gasteiger partial charge is 0.128 e. The normalized spacial score (nSPS) is 10.6. The number of aromatic nitrogens is 1. The van der Waals surface area contributed by atoms with Crippen LogP contribution < -0.4 is 5.32 Å². The lowest BCUT2D eigenvalue weighted by atomic mass is 10.1. The summed E-state index contributed by atoms with van der Waals surface area (Å²) in [5, 5.41) is 7.74. The Balaban J connectivity index is 1.70. The van der Waals surface area contributed by atoms with Gasteiger partial charge in [0, 0.05) is 17.1 Å².